The standard InChI is InChI=1S/C16H19N/c1-3-4-5-8-13(2)16-15-10-7-6-9-14(15)11-12-17-16/h3-4,6-7,9-10,12,14H,2,5,8,11H2,1H3/b4-3-. The Morgan fingerprint density at radius 2 is 2.41 bits per heavy atom. The van der Waals surface area contributed by atoms with Crippen LogP contribution in [0.1, 0.15) is 26.2 Å². The van der Waals surface area contributed by atoms with Gasteiger partial charge in [-0.2, -0.15) is 0 Å². The molecule has 1 nitrogen and oxygen atoms in total. The molecule has 0 aromatic rings. The average Bonchev–Trinajstić information content (AvgIpc) is 2.38. The molecule has 1 unspecified atom stereocenters. The number of hydrogen-bond donors (Lipinski definition) is 0. The quantitative estimate of drug-likeness (QED) is 0.630. The van der Waals surface area contributed by atoms with Crippen molar-refractivity contribution in [1.29, 1.82) is 0 Å². The molecule has 0 amide bonds. The van der Waals surface area contributed by atoms with Gasteiger partial charge in [-0.3, -0.25) is 4.99 Å². The molecule has 1 aliphatic heterocycles. The van der Waals surface area contributed by atoms with Gasteiger partial charge in [0.25, 0.3) is 0 Å². The highest BCUT2D eigenvalue weighted by molar-refractivity contribution is 5.67. The summed E-state index contributed by atoms with van der Waals surface area (Å²) in [6, 6.07) is 0. The van der Waals surface area contributed by atoms with Crippen LogP contribution in [0.3, 0.4) is 0 Å². The van der Waals surface area contributed by atoms with E-state index in [1.807, 2.05) is 13.1 Å². The Kier molecular flexibility index (Phi) is 3.92. The maximum atomic E-state index is 4.54. The van der Waals surface area contributed by atoms with Crippen LogP contribution in [0.25, 0.3) is 0 Å². The summed E-state index contributed by atoms with van der Waals surface area (Å²) in [5.41, 5.74) is 3.59. The molecule has 0 fully saturated rings. The van der Waals surface area contributed by atoms with Crippen LogP contribution in [0.15, 0.2) is 64.9 Å². The van der Waals surface area contributed by atoms with E-state index >= 15 is 0 Å². The molecule has 2 aliphatic rings. The predicted molar refractivity (Wildman–Crippen MR) is 75.1 cm³/mol. The Morgan fingerprint density at radius 3 is 3.24 bits per heavy atom. The molecular formula is C16H19N. The first kappa shape index (κ1) is 11.8. The molecule has 1 heterocycles. The van der Waals surface area contributed by atoms with Gasteiger partial charge in [-0.15, -0.1) is 0 Å². The minimum absolute atomic E-state index is 0.506. The van der Waals surface area contributed by atoms with Crippen molar-refractivity contribution in [3.05, 3.63) is 59.9 Å². The van der Waals surface area contributed by atoms with Crippen LogP contribution in [0.4, 0.5) is 0 Å². The number of allylic oxidation sites excluding steroid dienone is 8. The first-order chi connectivity index (χ1) is 8.33. The summed E-state index contributed by atoms with van der Waals surface area (Å²) in [6.07, 6.45) is 18.0. The lowest BCUT2D eigenvalue weighted by molar-refractivity contribution is 0.788. The first-order valence-corrected chi connectivity index (χ1v) is 6.24. The molecule has 1 atom stereocenters. The van der Waals surface area contributed by atoms with Crippen molar-refractivity contribution in [1.82, 2.24) is 0 Å². The number of nitrogens with zero attached hydrogens (tertiary/aromatic N) is 1. The van der Waals surface area contributed by atoms with Crippen LogP contribution in [-0.4, -0.2) is 6.21 Å². The van der Waals surface area contributed by atoms with E-state index in [2.05, 4.69) is 48.0 Å². The molecule has 1 heteroatoms. The lowest BCUT2D eigenvalue weighted by atomic mass is 9.86. The van der Waals surface area contributed by atoms with Gasteiger partial charge in [0.2, 0.25) is 0 Å². The van der Waals surface area contributed by atoms with Crippen LogP contribution in [0, 0.1) is 5.92 Å². The van der Waals surface area contributed by atoms with Crippen LogP contribution in [-0.2, 0) is 0 Å². The molecule has 0 radical (unpaired) electrons. The Balaban J connectivity index is 2.15. The van der Waals surface area contributed by atoms with Gasteiger partial charge in [-0.25, -0.2) is 0 Å². The number of fused-ring (bicyclic) bond motifs is 1. The van der Waals surface area contributed by atoms with Gasteiger partial charge in [-0.05, 0) is 37.3 Å². The van der Waals surface area contributed by atoms with Crippen molar-refractivity contribution in [2.45, 2.75) is 26.2 Å². The van der Waals surface area contributed by atoms with Gasteiger partial charge < -0.3 is 0 Å². The Labute approximate surface area is 104 Å². The van der Waals surface area contributed by atoms with E-state index in [9.17, 15) is 0 Å². The Bertz CT molecular complexity index is 444. The summed E-state index contributed by atoms with van der Waals surface area (Å²) in [6.45, 7) is 6.23. The number of rotatable bonds is 4. The normalized spacial score (nSPS) is 22.3. The second-order valence-corrected chi connectivity index (χ2v) is 4.41. The summed E-state index contributed by atoms with van der Waals surface area (Å²) in [5.74, 6) is 0.506. The van der Waals surface area contributed by atoms with E-state index in [1.165, 1.54) is 5.57 Å². The summed E-state index contributed by atoms with van der Waals surface area (Å²) in [7, 11) is 0. The maximum absolute atomic E-state index is 4.54. The van der Waals surface area contributed by atoms with Crippen molar-refractivity contribution >= 4 is 6.21 Å². The maximum Gasteiger partial charge on any atom is 0.0689 e. The SMILES string of the molecule is C=C(CC/C=C\C)C1=C2C=CC=CC2CC=N1. The first-order valence-electron chi connectivity index (χ1n) is 6.24. The third-order valence-electron chi connectivity index (χ3n) is 3.17. The summed E-state index contributed by atoms with van der Waals surface area (Å²) in [5, 5.41) is 0. The number of aliphatic imine (C=N–C) groups is 1. The highest BCUT2D eigenvalue weighted by Gasteiger charge is 2.19. The topological polar surface area (TPSA) is 12.4 Å². The van der Waals surface area contributed by atoms with Gasteiger partial charge in [-0.1, -0.05) is 43.0 Å². The zero-order chi connectivity index (χ0) is 12.1. The van der Waals surface area contributed by atoms with Gasteiger partial charge in [0, 0.05) is 12.1 Å². The third-order valence-corrected chi connectivity index (χ3v) is 3.17. The van der Waals surface area contributed by atoms with Crippen molar-refractivity contribution in [2.75, 3.05) is 0 Å². The Hall–Kier alpha value is -1.63. The fraction of sp³-hybridized carbons (Fsp3) is 0.312. The summed E-state index contributed by atoms with van der Waals surface area (Å²) in [4.78, 5) is 4.54. The van der Waals surface area contributed by atoms with E-state index < -0.39 is 0 Å². The van der Waals surface area contributed by atoms with Gasteiger partial charge in [0.1, 0.15) is 0 Å². The molecule has 0 aromatic carbocycles. The Morgan fingerprint density at radius 1 is 1.53 bits per heavy atom. The molecule has 0 aromatic heterocycles. The molecule has 17 heavy (non-hydrogen) atoms. The van der Waals surface area contributed by atoms with Crippen molar-refractivity contribution in [2.24, 2.45) is 10.9 Å². The van der Waals surface area contributed by atoms with Crippen LogP contribution >= 0.6 is 0 Å². The lowest BCUT2D eigenvalue weighted by Gasteiger charge is -2.22. The number of hydrogen-bond acceptors (Lipinski definition) is 1. The molecule has 2 rings (SSSR count). The highest BCUT2D eigenvalue weighted by atomic mass is 14.8. The van der Waals surface area contributed by atoms with E-state index in [4.69, 9.17) is 0 Å². The van der Waals surface area contributed by atoms with Gasteiger partial charge >= 0.3 is 0 Å². The molecule has 1 aliphatic carbocycles. The lowest BCUT2D eigenvalue weighted by Crippen LogP contribution is -2.10. The molecule has 88 valence electrons. The van der Waals surface area contributed by atoms with Crippen molar-refractivity contribution in [3.8, 4) is 0 Å². The fourth-order valence-corrected chi connectivity index (χ4v) is 2.21. The van der Waals surface area contributed by atoms with Crippen molar-refractivity contribution < 1.29 is 0 Å². The minimum atomic E-state index is 0.506. The summed E-state index contributed by atoms with van der Waals surface area (Å²) < 4.78 is 0. The van der Waals surface area contributed by atoms with E-state index in [0.29, 0.717) is 5.92 Å². The summed E-state index contributed by atoms with van der Waals surface area (Å²) >= 11 is 0. The van der Waals surface area contributed by atoms with E-state index in [1.54, 1.807) is 0 Å². The molecule has 0 saturated carbocycles. The predicted octanol–water partition coefficient (Wildman–Crippen LogP) is 4.37. The largest absolute Gasteiger partial charge is 0.261 e. The average molecular weight is 225 g/mol. The second kappa shape index (κ2) is 5.62. The second-order valence-electron chi connectivity index (χ2n) is 4.41. The van der Waals surface area contributed by atoms with Gasteiger partial charge in [0.15, 0.2) is 0 Å². The van der Waals surface area contributed by atoms with Crippen LogP contribution in [0.5, 0.6) is 0 Å². The van der Waals surface area contributed by atoms with Crippen LogP contribution in [0.2, 0.25) is 0 Å². The zero-order valence-electron chi connectivity index (χ0n) is 10.4. The molecular weight excluding hydrogens is 206 g/mol. The van der Waals surface area contributed by atoms with Gasteiger partial charge in [0.05, 0.1) is 5.70 Å². The fourth-order valence-electron chi connectivity index (χ4n) is 2.21. The molecule has 0 N–H and O–H groups in total. The van der Waals surface area contributed by atoms with E-state index in [-0.39, 0.29) is 0 Å². The monoisotopic (exact) mass is 225 g/mol. The molecule has 0 spiro atoms. The highest BCUT2D eigenvalue weighted by Crippen LogP contribution is 2.32. The van der Waals surface area contributed by atoms with E-state index in [0.717, 1.165) is 30.5 Å². The zero-order valence-corrected chi connectivity index (χ0v) is 10.4. The molecule has 0 bridgehead atoms. The van der Waals surface area contributed by atoms with Crippen molar-refractivity contribution in [3.63, 3.8) is 0 Å². The third kappa shape index (κ3) is 2.73. The minimum Gasteiger partial charge on any atom is -0.261 e. The molecule has 0 saturated heterocycles. The smallest absolute Gasteiger partial charge is 0.0689 e. The van der Waals surface area contributed by atoms with Crippen LogP contribution < -0.4 is 0 Å².